The van der Waals surface area contributed by atoms with Crippen LogP contribution in [0.3, 0.4) is 0 Å². The molecule has 0 bridgehead atoms. The number of halogens is 2. The van der Waals surface area contributed by atoms with Crippen molar-refractivity contribution in [2.24, 2.45) is 0 Å². The Bertz CT molecular complexity index is 646. The molecule has 20 heavy (non-hydrogen) atoms. The molecule has 2 rings (SSSR count). The van der Waals surface area contributed by atoms with Gasteiger partial charge in [-0.25, -0.2) is 8.78 Å². The number of carbonyl (C=O) groups is 2. The average molecular weight is 275 g/mol. The van der Waals surface area contributed by atoms with Crippen molar-refractivity contribution in [1.82, 2.24) is 0 Å². The van der Waals surface area contributed by atoms with E-state index in [0.717, 1.165) is 12.1 Å². The summed E-state index contributed by atoms with van der Waals surface area (Å²) in [7, 11) is 0. The van der Waals surface area contributed by atoms with Gasteiger partial charge in [-0.1, -0.05) is 6.07 Å². The standard InChI is InChI=1S/C15H11F2NO2/c1-9(19)18-11-7-5-10(6-8-11)15(20)14-12(16)3-2-4-13(14)17/h2-8H,1H3,(H,18,19). The maximum Gasteiger partial charge on any atom is 0.221 e. The highest BCUT2D eigenvalue weighted by Crippen LogP contribution is 2.18. The van der Waals surface area contributed by atoms with Gasteiger partial charge in [0.25, 0.3) is 0 Å². The molecule has 0 unspecified atom stereocenters. The van der Waals surface area contributed by atoms with Crippen molar-refractivity contribution in [2.75, 3.05) is 5.32 Å². The van der Waals surface area contributed by atoms with Crippen LogP contribution >= 0.6 is 0 Å². The third-order valence-electron chi connectivity index (χ3n) is 2.66. The first kappa shape index (κ1) is 13.9. The zero-order chi connectivity index (χ0) is 14.7. The van der Waals surface area contributed by atoms with Crippen LogP contribution in [0.25, 0.3) is 0 Å². The van der Waals surface area contributed by atoms with E-state index < -0.39 is 23.0 Å². The molecule has 0 aromatic heterocycles. The summed E-state index contributed by atoms with van der Waals surface area (Å²) >= 11 is 0. The molecule has 0 aliphatic carbocycles. The number of amides is 1. The number of nitrogens with one attached hydrogen (secondary N) is 1. The topological polar surface area (TPSA) is 46.2 Å². The maximum absolute atomic E-state index is 13.5. The molecule has 0 atom stereocenters. The normalized spacial score (nSPS) is 10.2. The van der Waals surface area contributed by atoms with E-state index in [1.807, 2.05) is 0 Å². The molecule has 2 aromatic carbocycles. The Morgan fingerprint density at radius 2 is 1.50 bits per heavy atom. The second-order valence-electron chi connectivity index (χ2n) is 4.18. The quantitative estimate of drug-likeness (QED) is 0.875. The SMILES string of the molecule is CC(=O)Nc1ccc(C(=O)c2c(F)cccc2F)cc1. The van der Waals surface area contributed by atoms with Crippen LogP contribution in [0, 0.1) is 11.6 Å². The zero-order valence-corrected chi connectivity index (χ0v) is 10.6. The molecule has 3 nitrogen and oxygen atoms in total. The molecular weight excluding hydrogens is 264 g/mol. The van der Waals surface area contributed by atoms with E-state index in [4.69, 9.17) is 0 Å². The lowest BCUT2D eigenvalue weighted by atomic mass is 10.0. The van der Waals surface area contributed by atoms with Crippen LogP contribution in [0.4, 0.5) is 14.5 Å². The lowest BCUT2D eigenvalue weighted by Gasteiger charge is -2.06. The smallest absolute Gasteiger partial charge is 0.221 e. The predicted octanol–water partition coefficient (Wildman–Crippen LogP) is 3.15. The van der Waals surface area contributed by atoms with E-state index in [-0.39, 0.29) is 11.5 Å². The van der Waals surface area contributed by atoms with E-state index in [0.29, 0.717) is 5.69 Å². The molecular formula is C15H11F2NO2. The van der Waals surface area contributed by atoms with Crippen molar-refractivity contribution in [2.45, 2.75) is 6.92 Å². The van der Waals surface area contributed by atoms with Crippen molar-refractivity contribution in [3.63, 3.8) is 0 Å². The van der Waals surface area contributed by atoms with Gasteiger partial charge in [0, 0.05) is 18.2 Å². The number of benzene rings is 2. The number of hydrogen-bond donors (Lipinski definition) is 1. The highest BCUT2D eigenvalue weighted by Gasteiger charge is 2.18. The van der Waals surface area contributed by atoms with Gasteiger partial charge < -0.3 is 5.32 Å². The van der Waals surface area contributed by atoms with Crippen molar-refractivity contribution in [3.05, 3.63) is 65.2 Å². The minimum absolute atomic E-state index is 0.142. The predicted molar refractivity (Wildman–Crippen MR) is 70.5 cm³/mol. The van der Waals surface area contributed by atoms with E-state index in [2.05, 4.69) is 5.32 Å². The van der Waals surface area contributed by atoms with Crippen LogP contribution in [0.5, 0.6) is 0 Å². The molecule has 0 spiro atoms. The van der Waals surface area contributed by atoms with Gasteiger partial charge in [-0.05, 0) is 36.4 Å². The minimum atomic E-state index is -0.902. The summed E-state index contributed by atoms with van der Waals surface area (Å²) in [6, 6.07) is 9.05. The van der Waals surface area contributed by atoms with Gasteiger partial charge in [0.15, 0.2) is 5.78 Å². The molecule has 1 N–H and O–H groups in total. The summed E-state index contributed by atoms with van der Waals surface area (Å²) in [5, 5.41) is 2.54. The Kier molecular flexibility index (Phi) is 3.89. The minimum Gasteiger partial charge on any atom is -0.326 e. The lowest BCUT2D eigenvalue weighted by molar-refractivity contribution is -0.114. The number of rotatable bonds is 3. The van der Waals surface area contributed by atoms with Crippen LogP contribution < -0.4 is 5.32 Å². The van der Waals surface area contributed by atoms with E-state index >= 15 is 0 Å². The van der Waals surface area contributed by atoms with Crippen molar-refractivity contribution < 1.29 is 18.4 Å². The molecule has 0 aliphatic rings. The van der Waals surface area contributed by atoms with E-state index in [1.54, 1.807) is 0 Å². The molecule has 5 heteroatoms. The third-order valence-corrected chi connectivity index (χ3v) is 2.66. The highest BCUT2D eigenvalue weighted by atomic mass is 19.1. The molecule has 0 fully saturated rings. The largest absolute Gasteiger partial charge is 0.326 e. The second kappa shape index (κ2) is 5.61. The van der Waals surface area contributed by atoms with Gasteiger partial charge in [0.1, 0.15) is 11.6 Å². The summed E-state index contributed by atoms with van der Waals surface area (Å²) in [4.78, 5) is 22.9. The molecule has 0 aliphatic heterocycles. The van der Waals surface area contributed by atoms with Crippen LogP contribution in [0.15, 0.2) is 42.5 Å². The summed E-state index contributed by atoms with van der Waals surface area (Å²) in [6.07, 6.45) is 0. The van der Waals surface area contributed by atoms with Gasteiger partial charge in [-0.3, -0.25) is 9.59 Å². The molecule has 102 valence electrons. The van der Waals surface area contributed by atoms with Gasteiger partial charge in [0.2, 0.25) is 5.91 Å². The number of carbonyl (C=O) groups excluding carboxylic acids is 2. The zero-order valence-electron chi connectivity index (χ0n) is 10.6. The Morgan fingerprint density at radius 3 is 2.00 bits per heavy atom. The summed E-state index contributed by atoms with van der Waals surface area (Å²) in [5.41, 5.74) is 0.0611. The molecule has 1 amide bonds. The van der Waals surface area contributed by atoms with Gasteiger partial charge in [0.05, 0.1) is 5.56 Å². The van der Waals surface area contributed by atoms with Crippen molar-refractivity contribution in [1.29, 1.82) is 0 Å². The first-order chi connectivity index (χ1) is 9.49. The molecule has 0 radical (unpaired) electrons. The fraction of sp³-hybridized carbons (Fsp3) is 0.0667. The van der Waals surface area contributed by atoms with Crippen LogP contribution in [-0.2, 0) is 4.79 Å². The van der Waals surface area contributed by atoms with Crippen LogP contribution in [0.2, 0.25) is 0 Å². The average Bonchev–Trinajstić information content (AvgIpc) is 2.38. The highest BCUT2D eigenvalue weighted by molar-refractivity contribution is 6.09. The summed E-state index contributed by atoms with van der Waals surface area (Å²) in [6.45, 7) is 1.35. The third kappa shape index (κ3) is 2.88. The fourth-order valence-electron chi connectivity index (χ4n) is 1.77. The maximum atomic E-state index is 13.5. The fourth-order valence-corrected chi connectivity index (χ4v) is 1.77. The van der Waals surface area contributed by atoms with Crippen LogP contribution in [-0.4, -0.2) is 11.7 Å². The Morgan fingerprint density at radius 1 is 0.950 bits per heavy atom. The van der Waals surface area contributed by atoms with Gasteiger partial charge in [-0.15, -0.1) is 0 Å². The first-order valence-corrected chi connectivity index (χ1v) is 5.85. The second-order valence-corrected chi connectivity index (χ2v) is 4.18. The molecule has 0 heterocycles. The van der Waals surface area contributed by atoms with Crippen molar-refractivity contribution in [3.8, 4) is 0 Å². The lowest BCUT2D eigenvalue weighted by Crippen LogP contribution is -2.09. The first-order valence-electron chi connectivity index (χ1n) is 5.85. The van der Waals surface area contributed by atoms with Gasteiger partial charge >= 0.3 is 0 Å². The molecule has 2 aromatic rings. The monoisotopic (exact) mass is 275 g/mol. The Balaban J connectivity index is 2.32. The van der Waals surface area contributed by atoms with Gasteiger partial charge in [-0.2, -0.15) is 0 Å². The molecule has 0 saturated heterocycles. The summed E-state index contributed by atoms with van der Waals surface area (Å²) in [5.74, 6) is -2.79. The summed E-state index contributed by atoms with van der Waals surface area (Å²) < 4.78 is 27.0. The van der Waals surface area contributed by atoms with Crippen molar-refractivity contribution >= 4 is 17.4 Å². The Hall–Kier alpha value is -2.56. The van der Waals surface area contributed by atoms with E-state index in [9.17, 15) is 18.4 Å². The van der Waals surface area contributed by atoms with E-state index in [1.165, 1.54) is 37.3 Å². The number of anilines is 1. The number of hydrogen-bond acceptors (Lipinski definition) is 2. The number of ketones is 1. The molecule has 0 saturated carbocycles. The Labute approximate surface area is 114 Å². The van der Waals surface area contributed by atoms with Crippen LogP contribution in [0.1, 0.15) is 22.8 Å².